The van der Waals surface area contributed by atoms with Crippen LogP contribution in [0, 0.1) is 0 Å². The monoisotopic (exact) mass is 147 g/mol. The second-order valence-corrected chi connectivity index (χ2v) is 3.36. The number of hydrogen-bond acceptors (Lipinski definition) is 3. The minimum Gasteiger partial charge on any atom is -0.360 e. The summed E-state index contributed by atoms with van der Waals surface area (Å²) in [6.45, 7) is 2.76. The minimum absolute atomic E-state index is 0.139. The van der Waals surface area contributed by atoms with Crippen LogP contribution >= 0.6 is 12.6 Å². The highest BCUT2D eigenvalue weighted by molar-refractivity contribution is 7.81. The first kappa shape index (κ1) is 7.38. The van der Waals surface area contributed by atoms with E-state index in [0.717, 1.165) is 19.4 Å². The van der Waals surface area contributed by atoms with Crippen molar-refractivity contribution in [1.82, 2.24) is 0 Å². The summed E-state index contributed by atoms with van der Waals surface area (Å²) in [5, 5.41) is 0.139. The molecule has 1 aliphatic rings. The van der Waals surface area contributed by atoms with E-state index < -0.39 is 5.72 Å². The van der Waals surface area contributed by atoms with Gasteiger partial charge in [-0.3, -0.25) is 0 Å². The lowest BCUT2D eigenvalue weighted by Gasteiger charge is -2.26. The number of thiol groups is 1. The Hall–Kier alpha value is 0.270. The fraction of sp³-hybridized carbons (Fsp3) is 1.00. The van der Waals surface area contributed by atoms with Gasteiger partial charge in [0, 0.05) is 11.9 Å². The normalized spacial score (nSPS) is 39.0. The van der Waals surface area contributed by atoms with Crippen LogP contribution in [0.15, 0.2) is 0 Å². The van der Waals surface area contributed by atoms with E-state index in [0.29, 0.717) is 0 Å². The summed E-state index contributed by atoms with van der Waals surface area (Å²) in [5.74, 6) is 0. The maximum Gasteiger partial charge on any atom is 0.128 e. The Balaban J connectivity index is 2.51. The van der Waals surface area contributed by atoms with Gasteiger partial charge in [-0.05, 0) is 19.8 Å². The molecule has 0 aliphatic carbocycles. The topological polar surface area (TPSA) is 35.2 Å². The van der Waals surface area contributed by atoms with E-state index in [2.05, 4.69) is 12.6 Å². The molecule has 1 aliphatic heterocycles. The molecule has 0 aromatic heterocycles. The molecular formula is C6H13NOS. The fourth-order valence-corrected chi connectivity index (χ4v) is 1.22. The van der Waals surface area contributed by atoms with Crippen molar-refractivity contribution < 1.29 is 4.74 Å². The summed E-state index contributed by atoms with van der Waals surface area (Å²) in [7, 11) is 0. The smallest absolute Gasteiger partial charge is 0.128 e. The SMILES string of the molecule is CC(S)C1(N)CCCO1. The lowest BCUT2D eigenvalue weighted by molar-refractivity contribution is 0.0118. The molecule has 1 fully saturated rings. The maximum atomic E-state index is 5.80. The van der Waals surface area contributed by atoms with Gasteiger partial charge in [0.05, 0.1) is 0 Å². The Labute approximate surface area is 61.2 Å². The third-order valence-electron chi connectivity index (χ3n) is 1.79. The molecule has 1 saturated heterocycles. The average Bonchev–Trinajstić information content (AvgIpc) is 2.16. The standard InChI is InChI=1S/C6H13NOS/c1-5(9)6(7)3-2-4-8-6/h5,9H,2-4,7H2,1H3. The van der Waals surface area contributed by atoms with Gasteiger partial charge in [-0.2, -0.15) is 12.6 Å². The molecule has 2 unspecified atom stereocenters. The van der Waals surface area contributed by atoms with Crippen molar-refractivity contribution >= 4 is 12.6 Å². The molecule has 2 atom stereocenters. The highest BCUT2D eigenvalue weighted by atomic mass is 32.1. The second kappa shape index (κ2) is 2.48. The van der Waals surface area contributed by atoms with Crippen LogP contribution in [0.25, 0.3) is 0 Å². The highest BCUT2D eigenvalue weighted by Gasteiger charge is 2.34. The highest BCUT2D eigenvalue weighted by Crippen LogP contribution is 2.26. The van der Waals surface area contributed by atoms with E-state index in [1.165, 1.54) is 0 Å². The average molecular weight is 147 g/mol. The zero-order chi connectivity index (χ0) is 6.91. The van der Waals surface area contributed by atoms with E-state index in [1.807, 2.05) is 6.92 Å². The van der Waals surface area contributed by atoms with Gasteiger partial charge in [0.2, 0.25) is 0 Å². The molecule has 9 heavy (non-hydrogen) atoms. The molecule has 1 heterocycles. The van der Waals surface area contributed by atoms with Gasteiger partial charge in [-0.15, -0.1) is 0 Å². The van der Waals surface area contributed by atoms with Crippen molar-refractivity contribution in [3.05, 3.63) is 0 Å². The molecule has 54 valence electrons. The molecule has 0 saturated carbocycles. The largest absolute Gasteiger partial charge is 0.360 e. The van der Waals surface area contributed by atoms with Crippen molar-refractivity contribution in [3.63, 3.8) is 0 Å². The van der Waals surface area contributed by atoms with Crippen molar-refractivity contribution in [2.75, 3.05) is 6.61 Å². The van der Waals surface area contributed by atoms with E-state index in [4.69, 9.17) is 10.5 Å². The molecule has 0 amide bonds. The van der Waals surface area contributed by atoms with Crippen LogP contribution in [0.2, 0.25) is 0 Å². The van der Waals surface area contributed by atoms with Crippen LogP contribution in [-0.4, -0.2) is 17.6 Å². The minimum atomic E-state index is -0.441. The first-order chi connectivity index (χ1) is 4.15. The predicted octanol–water partition coefficient (Wildman–Crippen LogP) is 0.770. The summed E-state index contributed by atoms with van der Waals surface area (Å²) in [6, 6.07) is 0. The summed E-state index contributed by atoms with van der Waals surface area (Å²) in [6.07, 6.45) is 2.01. The van der Waals surface area contributed by atoms with Gasteiger partial charge in [0.25, 0.3) is 0 Å². The molecular weight excluding hydrogens is 134 g/mol. The Morgan fingerprint density at radius 3 is 2.67 bits per heavy atom. The van der Waals surface area contributed by atoms with E-state index in [9.17, 15) is 0 Å². The van der Waals surface area contributed by atoms with Crippen molar-refractivity contribution in [1.29, 1.82) is 0 Å². The lowest BCUT2D eigenvalue weighted by Crippen LogP contribution is -2.46. The zero-order valence-electron chi connectivity index (χ0n) is 5.63. The fourth-order valence-electron chi connectivity index (χ4n) is 1.01. The van der Waals surface area contributed by atoms with Crippen LogP contribution in [0.1, 0.15) is 19.8 Å². The van der Waals surface area contributed by atoms with Crippen molar-refractivity contribution in [2.45, 2.75) is 30.7 Å². The number of rotatable bonds is 1. The third-order valence-corrected chi connectivity index (χ3v) is 2.23. The Bertz CT molecular complexity index is 99.2. The second-order valence-electron chi connectivity index (χ2n) is 2.58. The summed E-state index contributed by atoms with van der Waals surface area (Å²) in [5.41, 5.74) is 5.36. The first-order valence-electron chi connectivity index (χ1n) is 3.26. The lowest BCUT2D eigenvalue weighted by atomic mass is 10.1. The van der Waals surface area contributed by atoms with Gasteiger partial charge in [-0.1, -0.05) is 0 Å². The molecule has 0 aromatic rings. The van der Waals surface area contributed by atoms with E-state index >= 15 is 0 Å². The van der Waals surface area contributed by atoms with E-state index in [-0.39, 0.29) is 5.25 Å². The molecule has 3 heteroatoms. The molecule has 0 radical (unpaired) electrons. The predicted molar refractivity (Wildman–Crippen MR) is 40.6 cm³/mol. The van der Waals surface area contributed by atoms with Gasteiger partial charge in [0.15, 0.2) is 0 Å². The summed E-state index contributed by atoms with van der Waals surface area (Å²) < 4.78 is 5.30. The molecule has 0 aromatic carbocycles. The molecule has 0 bridgehead atoms. The Kier molecular flexibility index (Phi) is 2.03. The van der Waals surface area contributed by atoms with Crippen molar-refractivity contribution in [2.24, 2.45) is 5.73 Å². The number of hydrogen-bond donors (Lipinski definition) is 2. The van der Waals surface area contributed by atoms with E-state index in [1.54, 1.807) is 0 Å². The van der Waals surface area contributed by atoms with Crippen LogP contribution in [-0.2, 0) is 4.74 Å². The quantitative estimate of drug-likeness (QED) is 0.537. The van der Waals surface area contributed by atoms with Gasteiger partial charge >= 0.3 is 0 Å². The number of ether oxygens (including phenoxy) is 1. The van der Waals surface area contributed by atoms with Gasteiger partial charge in [0.1, 0.15) is 5.72 Å². The summed E-state index contributed by atoms with van der Waals surface area (Å²) >= 11 is 4.23. The first-order valence-corrected chi connectivity index (χ1v) is 3.78. The summed E-state index contributed by atoms with van der Waals surface area (Å²) in [4.78, 5) is 0. The third kappa shape index (κ3) is 1.39. The Morgan fingerprint density at radius 1 is 1.78 bits per heavy atom. The molecule has 0 spiro atoms. The van der Waals surface area contributed by atoms with Crippen LogP contribution in [0.4, 0.5) is 0 Å². The Morgan fingerprint density at radius 2 is 2.44 bits per heavy atom. The van der Waals surface area contributed by atoms with Gasteiger partial charge in [-0.25, -0.2) is 0 Å². The van der Waals surface area contributed by atoms with Crippen LogP contribution in [0.3, 0.4) is 0 Å². The van der Waals surface area contributed by atoms with Gasteiger partial charge < -0.3 is 10.5 Å². The van der Waals surface area contributed by atoms with Crippen LogP contribution in [0.5, 0.6) is 0 Å². The number of nitrogens with two attached hydrogens (primary N) is 1. The van der Waals surface area contributed by atoms with Crippen molar-refractivity contribution in [3.8, 4) is 0 Å². The van der Waals surface area contributed by atoms with Crippen LogP contribution < -0.4 is 5.73 Å². The molecule has 1 rings (SSSR count). The molecule has 2 nitrogen and oxygen atoms in total. The maximum absolute atomic E-state index is 5.80. The zero-order valence-corrected chi connectivity index (χ0v) is 6.53. The molecule has 2 N–H and O–H groups in total.